The molecular formula is C8H17N. The van der Waals surface area contributed by atoms with Crippen molar-refractivity contribution < 1.29 is 0 Å². The van der Waals surface area contributed by atoms with Gasteiger partial charge in [-0.15, -0.1) is 0 Å². The molecule has 0 saturated carbocycles. The van der Waals surface area contributed by atoms with Gasteiger partial charge < -0.3 is 4.90 Å². The second kappa shape index (κ2) is 2.30. The molecule has 0 aromatic heterocycles. The quantitative estimate of drug-likeness (QED) is 0.546. The molecule has 1 nitrogen and oxygen atoms in total. The normalized spacial score (nSPS) is 25.7. The molecule has 1 rings (SSSR count). The summed E-state index contributed by atoms with van der Waals surface area (Å²) in [6, 6.07) is 0. The van der Waals surface area contributed by atoms with E-state index in [0.29, 0.717) is 5.41 Å². The second-order valence-corrected chi connectivity index (χ2v) is 3.73. The van der Waals surface area contributed by atoms with E-state index in [-0.39, 0.29) is 0 Å². The van der Waals surface area contributed by atoms with Crippen LogP contribution in [0.25, 0.3) is 0 Å². The van der Waals surface area contributed by atoms with Gasteiger partial charge >= 0.3 is 0 Å². The molecule has 1 heteroatoms. The molecule has 0 radical (unpaired) electrons. The SMILES string of the molecule is CCCC1(C)CN(C)C1. The third kappa shape index (κ3) is 1.45. The van der Waals surface area contributed by atoms with Gasteiger partial charge in [0, 0.05) is 13.1 Å². The lowest BCUT2D eigenvalue weighted by molar-refractivity contribution is 0.0311. The van der Waals surface area contributed by atoms with Crippen LogP contribution in [0.15, 0.2) is 0 Å². The predicted molar refractivity (Wildman–Crippen MR) is 40.5 cm³/mol. The zero-order valence-electron chi connectivity index (χ0n) is 6.78. The van der Waals surface area contributed by atoms with E-state index >= 15 is 0 Å². The molecule has 1 heterocycles. The average molecular weight is 127 g/mol. The first-order valence-corrected chi connectivity index (χ1v) is 3.85. The van der Waals surface area contributed by atoms with Crippen molar-refractivity contribution in [2.45, 2.75) is 26.7 Å². The summed E-state index contributed by atoms with van der Waals surface area (Å²) in [6.45, 7) is 7.27. The first-order chi connectivity index (χ1) is 4.16. The predicted octanol–water partition coefficient (Wildman–Crippen LogP) is 1.74. The molecule has 0 spiro atoms. The van der Waals surface area contributed by atoms with Crippen molar-refractivity contribution in [2.75, 3.05) is 20.1 Å². The number of hydrogen-bond acceptors (Lipinski definition) is 1. The van der Waals surface area contributed by atoms with E-state index < -0.39 is 0 Å². The molecule has 0 atom stereocenters. The topological polar surface area (TPSA) is 3.24 Å². The second-order valence-electron chi connectivity index (χ2n) is 3.73. The molecule has 1 aliphatic rings. The van der Waals surface area contributed by atoms with Crippen molar-refractivity contribution in [1.82, 2.24) is 4.90 Å². The van der Waals surface area contributed by atoms with Gasteiger partial charge in [0.2, 0.25) is 0 Å². The van der Waals surface area contributed by atoms with Crippen LogP contribution in [0.5, 0.6) is 0 Å². The van der Waals surface area contributed by atoms with E-state index in [2.05, 4.69) is 25.8 Å². The summed E-state index contributed by atoms with van der Waals surface area (Å²) in [5.41, 5.74) is 0.670. The number of hydrogen-bond donors (Lipinski definition) is 0. The van der Waals surface area contributed by atoms with E-state index in [1.165, 1.54) is 25.9 Å². The highest BCUT2D eigenvalue weighted by Gasteiger charge is 2.34. The minimum Gasteiger partial charge on any atom is -0.305 e. The summed E-state index contributed by atoms with van der Waals surface area (Å²) in [5, 5.41) is 0. The molecule has 0 N–H and O–H groups in total. The fraction of sp³-hybridized carbons (Fsp3) is 1.00. The Balaban J connectivity index is 2.23. The van der Waals surface area contributed by atoms with Crippen molar-refractivity contribution in [3.8, 4) is 0 Å². The largest absolute Gasteiger partial charge is 0.305 e. The van der Waals surface area contributed by atoms with Gasteiger partial charge in [0.25, 0.3) is 0 Å². The van der Waals surface area contributed by atoms with Crippen molar-refractivity contribution in [2.24, 2.45) is 5.41 Å². The van der Waals surface area contributed by atoms with Crippen LogP contribution in [0.3, 0.4) is 0 Å². The fourth-order valence-corrected chi connectivity index (χ4v) is 2.02. The molecule has 1 fully saturated rings. The molecule has 54 valence electrons. The lowest BCUT2D eigenvalue weighted by Crippen LogP contribution is -2.52. The van der Waals surface area contributed by atoms with Gasteiger partial charge in [0.1, 0.15) is 0 Å². The minimum absolute atomic E-state index is 0.670. The van der Waals surface area contributed by atoms with Gasteiger partial charge in [-0.1, -0.05) is 20.3 Å². The van der Waals surface area contributed by atoms with Crippen molar-refractivity contribution in [3.05, 3.63) is 0 Å². The van der Waals surface area contributed by atoms with Crippen molar-refractivity contribution in [3.63, 3.8) is 0 Å². The first kappa shape index (κ1) is 7.07. The van der Waals surface area contributed by atoms with Gasteiger partial charge in [0.05, 0.1) is 0 Å². The average Bonchev–Trinajstić information content (AvgIpc) is 1.62. The van der Waals surface area contributed by atoms with Gasteiger partial charge in [-0.05, 0) is 18.9 Å². The highest BCUT2D eigenvalue weighted by atomic mass is 15.2. The number of nitrogens with zero attached hydrogens (tertiary/aromatic N) is 1. The first-order valence-electron chi connectivity index (χ1n) is 3.85. The molecule has 0 aromatic carbocycles. The zero-order chi connectivity index (χ0) is 6.91. The van der Waals surface area contributed by atoms with Crippen molar-refractivity contribution in [1.29, 1.82) is 0 Å². The molecule has 0 bridgehead atoms. The van der Waals surface area contributed by atoms with E-state index in [9.17, 15) is 0 Å². The Hall–Kier alpha value is -0.0400. The molecule has 9 heavy (non-hydrogen) atoms. The van der Waals surface area contributed by atoms with E-state index in [1.54, 1.807) is 0 Å². The fourth-order valence-electron chi connectivity index (χ4n) is 2.02. The molecule has 1 saturated heterocycles. The molecule has 0 aromatic rings. The molecule has 0 amide bonds. The minimum atomic E-state index is 0.670. The van der Waals surface area contributed by atoms with Crippen LogP contribution in [-0.4, -0.2) is 25.0 Å². The van der Waals surface area contributed by atoms with Crippen LogP contribution in [-0.2, 0) is 0 Å². The Morgan fingerprint density at radius 3 is 2.33 bits per heavy atom. The van der Waals surface area contributed by atoms with E-state index in [0.717, 1.165) is 0 Å². The van der Waals surface area contributed by atoms with Gasteiger partial charge in [-0.2, -0.15) is 0 Å². The van der Waals surface area contributed by atoms with E-state index in [1.807, 2.05) is 0 Å². The maximum atomic E-state index is 2.39. The van der Waals surface area contributed by atoms with Gasteiger partial charge in [0.15, 0.2) is 0 Å². The Labute approximate surface area is 58.0 Å². The Morgan fingerprint density at radius 2 is 2.00 bits per heavy atom. The van der Waals surface area contributed by atoms with Crippen LogP contribution in [0, 0.1) is 5.41 Å². The van der Waals surface area contributed by atoms with Crippen LogP contribution in [0.1, 0.15) is 26.7 Å². The summed E-state index contributed by atoms with van der Waals surface area (Å²) in [4.78, 5) is 2.38. The third-order valence-corrected chi connectivity index (χ3v) is 2.16. The standard InChI is InChI=1S/C8H17N/c1-4-5-8(2)6-9(3)7-8/h4-7H2,1-3H3. The summed E-state index contributed by atoms with van der Waals surface area (Å²) in [6.07, 6.45) is 2.74. The maximum Gasteiger partial charge on any atom is 0.00448 e. The smallest absolute Gasteiger partial charge is 0.00448 e. The summed E-state index contributed by atoms with van der Waals surface area (Å²) in [5.74, 6) is 0. The zero-order valence-corrected chi connectivity index (χ0v) is 6.78. The maximum absolute atomic E-state index is 2.39. The Kier molecular flexibility index (Phi) is 1.80. The Morgan fingerprint density at radius 1 is 1.44 bits per heavy atom. The van der Waals surface area contributed by atoms with Crippen molar-refractivity contribution >= 4 is 0 Å². The highest BCUT2D eigenvalue weighted by Crippen LogP contribution is 2.32. The van der Waals surface area contributed by atoms with Crippen LogP contribution in [0.2, 0.25) is 0 Å². The van der Waals surface area contributed by atoms with Crippen LogP contribution >= 0.6 is 0 Å². The lowest BCUT2D eigenvalue weighted by atomic mass is 9.79. The van der Waals surface area contributed by atoms with Crippen LogP contribution in [0.4, 0.5) is 0 Å². The van der Waals surface area contributed by atoms with Gasteiger partial charge in [-0.3, -0.25) is 0 Å². The molecule has 1 aliphatic heterocycles. The summed E-state index contributed by atoms with van der Waals surface area (Å²) in [7, 11) is 2.19. The highest BCUT2D eigenvalue weighted by molar-refractivity contribution is 4.88. The Bertz CT molecular complexity index is 87.2. The number of likely N-dealkylation sites (tertiary alicyclic amines) is 1. The molecular weight excluding hydrogens is 110 g/mol. The van der Waals surface area contributed by atoms with Gasteiger partial charge in [-0.25, -0.2) is 0 Å². The number of rotatable bonds is 2. The molecule has 0 aliphatic carbocycles. The summed E-state index contributed by atoms with van der Waals surface area (Å²) >= 11 is 0. The monoisotopic (exact) mass is 127 g/mol. The van der Waals surface area contributed by atoms with Crippen LogP contribution < -0.4 is 0 Å². The molecule has 0 unspecified atom stereocenters. The summed E-state index contributed by atoms with van der Waals surface area (Å²) < 4.78 is 0. The van der Waals surface area contributed by atoms with E-state index in [4.69, 9.17) is 0 Å². The lowest BCUT2D eigenvalue weighted by Gasteiger charge is -2.46. The third-order valence-electron chi connectivity index (χ3n) is 2.16.